The van der Waals surface area contributed by atoms with Gasteiger partial charge in [0, 0.05) is 33.6 Å². The van der Waals surface area contributed by atoms with Crippen molar-refractivity contribution in [1.29, 1.82) is 0 Å². The second-order valence-electron chi connectivity index (χ2n) is 13.9. The first-order valence-electron chi connectivity index (χ1n) is 17.3. The summed E-state index contributed by atoms with van der Waals surface area (Å²) in [5.41, 5.74) is 6.54. The van der Waals surface area contributed by atoms with Gasteiger partial charge >= 0.3 is 23.9 Å². The molecule has 2 unspecified atom stereocenters. The van der Waals surface area contributed by atoms with Crippen molar-refractivity contribution in [2.24, 2.45) is 5.41 Å². The van der Waals surface area contributed by atoms with E-state index in [0.29, 0.717) is 0 Å². The maximum absolute atomic E-state index is 12.9. The van der Waals surface area contributed by atoms with Crippen molar-refractivity contribution >= 4 is 29.7 Å². The summed E-state index contributed by atoms with van der Waals surface area (Å²) in [4.78, 5) is 61.6. The number of ether oxygens (including phenoxy) is 5. The Morgan fingerprint density at radius 2 is 1.41 bits per heavy atom. The summed E-state index contributed by atoms with van der Waals surface area (Å²) < 4.78 is 27.2. The minimum atomic E-state index is -1.45. The molecule has 0 N–H and O–H groups in total. The molecule has 1 aliphatic carbocycles. The van der Waals surface area contributed by atoms with Crippen LogP contribution in [-0.4, -0.2) is 67.3 Å². The molecule has 0 amide bonds. The first-order valence-corrected chi connectivity index (χ1v) is 17.3. The highest BCUT2D eigenvalue weighted by molar-refractivity contribution is 5.92. The van der Waals surface area contributed by atoms with Gasteiger partial charge in [0.15, 0.2) is 30.2 Å². The van der Waals surface area contributed by atoms with Gasteiger partial charge in [-0.3, -0.25) is 19.2 Å². The van der Waals surface area contributed by atoms with Crippen LogP contribution < -0.4 is 0 Å². The summed E-state index contributed by atoms with van der Waals surface area (Å²) in [5, 5.41) is 0. The predicted octanol–water partition coefficient (Wildman–Crippen LogP) is 6.61. The molecule has 0 bridgehead atoms. The third-order valence-corrected chi connectivity index (χ3v) is 8.97. The molecule has 3 rings (SSSR count). The molecule has 0 spiro atoms. The van der Waals surface area contributed by atoms with E-state index in [2.05, 4.69) is 39.8 Å². The number of methoxy groups -OCH3 is 1. The van der Waals surface area contributed by atoms with Crippen LogP contribution in [0.1, 0.15) is 85.8 Å². The number of rotatable bonds is 13. The van der Waals surface area contributed by atoms with Gasteiger partial charge in [0.05, 0.1) is 7.11 Å². The van der Waals surface area contributed by atoms with Crippen LogP contribution in [0.5, 0.6) is 0 Å². The average molecular weight is 705 g/mol. The van der Waals surface area contributed by atoms with Gasteiger partial charge in [-0.1, -0.05) is 79.6 Å². The molecule has 10 nitrogen and oxygen atoms in total. The highest BCUT2D eigenvalue weighted by atomic mass is 16.7. The van der Waals surface area contributed by atoms with Gasteiger partial charge in [0.25, 0.3) is 0 Å². The SMILES string of the molecule is COC(=O)C1O[C@@H](Cc2ccc(CC(=O)/C=C(C)/C=C/C=C(C)/C=C/C3=C(C)CCCC3(C)C)cc2)C(OC(C)=O)[C@@H](OC(C)=O)[C@H]1OC(C)=O. The van der Waals surface area contributed by atoms with Gasteiger partial charge in [-0.05, 0) is 73.8 Å². The Morgan fingerprint density at radius 3 is 2.00 bits per heavy atom. The third kappa shape index (κ3) is 12.3. The van der Waals surface area contributed by atoms with Crippen LogP contribution in [-0.2, 0) is 60.5 Å². The van der Waals surface area contributed by atoms with Gasteiger partial charge < -0.3 is 23.7 Å². The number of benzene rings is 1. The van der Waals surface area contributed by atoms with Crippen LogP contribution in [0.4, 0.5) is 0 Å². The van der Waals surface area contributed by atoms with Crippen molar-refractivity contribution in [3.8, 4) is 0 Å². The molecule has 1 heterocycles. The molecule has 51 heavy (non-hydrogen) atoms. The quantitative estimate of drug-likeness (QED) is 0.0957. The number of hydrogen-bond donors (Lipinski definition) is 0. The van der Waals surface area contributed by atoms with E-state index in [-0.39, 0.29) is 24.0 Å². The van der Waals surface area contributed by atoms with E-state index in [9.17, 15) is 24.0 Å². The van der Waals surface area contributed by atoms with E-state index in [1.807, 2.05) is 37.3 Å². The van der Waals surface area contributed by atoms with E-state index in [1.54, 1.807) is 18.2 Å². The molecule has 0 aromatic heterocycles. The highest BCUT2D eigenvalue weighted by Gasteiger charge is 2.54. The minimum Gasteiger partial charge on any atom is -0.467 e. The van der Waals surface area contributed by atoms with Gasteiger partial charge in [0.1, 0.15) is 6.10 Å². The number of ketones is 1. The van der Waals surface area contributed by atoms with E-state index >= 15 is 0 Å². The van der Waals surface area contributed by atoms with Crippen LogP contribution in [0.25, 0.3) is 0 Å². The van der Waals surface area contributed by atoms with Crippen molar-refractivity contribution in [1.82, 2.24) is 0 Å². The highest BCUT2D eigenvalue weighted by Crippen LogP contribution is 2.40. The molecule has 0 radical (unpaired) electrons. The lowest BCUT2D eigenvalue weighted by Gasteiger charge is -2.43. The lowest BCUT2D eigenvalue weighted by atomic mass is 9.72. The second kappa shape index (κ2) is 18.6. The van der Waals surface area contributed by atoms with Crippen molar-refractivity contribution in [2.75, 3.05) is 7.11 Å². The number of hydrogen-bond acceptors (Lipinski definition) is 10. The van der Waals surface area contributed by atoms with Crippen LogP contribution in [0, 0.1) is 5.41 Å². The molecular formula is C41H52O10. The first-order chi connectivity index (χ1) is 24.0. The van der Waals surface area contributed by atoms with Crippen molar-refractivity contribution < 1.29 is 47.7 Å². The molecule has 2 aliphatic rings. The molecule has 1 fully saturated rings. The molecule has 0 saturated carbocycles. The van der Waals surface area contributed by atoms with Gasteiger partial charge in [0.2, 0.25) is 0 Å². The molecule has 5 atom stereocenters. The number of allylic oxidation sites excluding steroid dienone is 10. The van der Waals surface area contributed by atoms with E-state index in [0.717, 1.165) is 49.7 Å². The summed E-state index contributed by atoms with van der Waals surface area (Å²) in [7, 11) is 1.14. The van der Waals surface area contributed by atoms with Crippen molar-refractivity contribution in [2.45, 2.75) is 118 Å². The van der Waals surface area contributed by atoms with E-state index in [1.165, 1.54) is 30.9 Å². The Kier molecular flexibility index (Phi) is 14.9. The zero-order valence-corrected chi connectivity index (χ0v) is 31.3. The first kappa shape index (κ1) is 40.9. The molecule has 1 aromatic carbocycles. The Labute approximate surface area is 301 Å². The van der Waals surface area contributed by atoms with E-state index < -0.39 is 54.4 Å². The predicted molar refractivity (Wildman–Crippen MR) is 192 cm³/mol. The summed E-state index contributed by atoms with van der Waals surface area (Å²) in [6, 6.07) is 7.21. The van der Waals surface area contributed by atoms with Crippen LogP contribution >= 0.6 is 0 Å². The maximum Gasteiger partial charge on any atom is 0.339 e. The van der Waals surface area contributed by atoms with Crippen molar-refractivity contribution in [3.05, 3.63) is 94.1 Å². The summed E-state index contributed by atoms with van der Waals surface area (Å²) in [6.45, 7) is 14.2. The zero-order valence-electron chi connectivity index (χ0n) is 31.3. The Hall–Kier alpha value is -4.57. The lowest BCUT2D eigenvalue weighted by Crippen LogP contribution is -2.63. The largest absolute Gasteiger partial charge is 0.467 e. The molecule has 1 aliphatic heterocycles. The fourth-order valence-electron chi connectivity index (χ4n) is 6.58. The van der Waals surface area contributed by atoms with Crippen LogP contribution in [0.2, 0.25) is 0 Å². The minimum absolute atomic E-state index is 0.0559. The standard InChI is InChI=1S/C41H52O10/c1-25(15-20-34-27(3)14-11-21-41(34,7)8)12-10-13-26(2)22-33(45)23-31-16-18-32(19-17-31)24-35-36(48-28(4)42)37(49-29(5)43)38(50-30(6)44)39(51-35)40(46)47-9/h10,12-13,15-20,22,35-39H,11,14,21,23-24H2,1-9H3/b13-10+,20-15+,25-12+,26-22+/t35-,36?,37+,38+,39?/m0/s1. The smallest absolute Gasteiger partial charge is 0.339 e. The normalized spacial score (nSPS) is 24.0. The Morgan fingerprint density at radius 1 is 0.824 bits per heavy atom. The van der Waals surface area contributed by atoms with Crippen LogP contribution in [0.3, 0.4) is 0 Å². The number of esters is 4. The van der Waals surface area contributed by atoms with E-state index in [4.69, 9.17) is 23.7 Å². The second-order valence-corrected chi connectivity index (χ2v) is 13.9. The molecule has 1 saturated heterocycles. The molecule has 276 valence electrons. The number of carbonyl (C=O) groups is 5. The molecule has 1 aromatic rings. The van der Waals surface area contributed by atoms with Gasteiger partial charge in [-0.2, -0.15) is 0 Å². The maximum atomic E-state index is 12.9. The Bertz CT molecular complexity index is 1600. The zero-order chi connectivity index (χ0) is 37.9. The van der Waals surface area contributed by atoms with Gasteiger partial charge in [-0.15, -0.1) is 0 Å². The summed E-state index contributed by atoms with van der Waals surface area (Å²) >= 11 is 0. The van der Waals surface area contributed by atoms with Crippen molar-refractivity contribution in [3.63, 3.8) is 0 Å². The number of carbonyl (C=O) groups excluding carboxylic acids is 5. The van der Waals surface area contributed by atoms with Gasteiger partial charge in [-0.25, -0.2) is 4.79 Å². The lowest BCUT2D eigenvalue weighted by molar-refractivity contribution is -0.248. The Balaban J connectivity index is 1.70. The molecular weight excluding hydrogens is 652 g/mol. The fraction of sp³-hybridized carbons (Fsp3) is 0.488. The summed E-state index contributed by atoms with van der Waals surface area (Å²) in [5.74, 6) is -3.10. The summed E-state index contributed by atoms with van der Waals surface area (Å²) in [6.07, 6.45) is 9.40. The fourth-order valence-corrected chi connectivity index (χ4v) is 6.58. The van der Waals surface area contributed by atoms with Crippen LogP contribution in [0.15, 0.2) is 83.0 Å². The monoisotopic (exact) mass is 704 g/mol. The third-order valence-electron chi connectivity index (χ3n) is 8.97. The topological polar surface area (TPSA) is 132 Å². The average Bonchev–Trinajstić information content (AvgIpc) is 3.03. The molecule has 10 heteroatoms.